The number of nitrogens with one attached hydrogen (secondary N) is 2. The van der Waals surface area contributed by atoms with E-state index < -0.39 is 0 Å². The van der Waals surface area contributed by atoms with Gasteiger partial charge in [0.25, 0.3) is 0 Å². The van der Waals surface area contributed by atoms with Crippen LogP contribution in [-0.2, 0) is 11.2 Å². The molecule has 0 aliphatic rings. The topological polar surface area (TPSA) is 83.6 Å². The van der Waals surface area contributed by atoms with Gasteiger partial charge in [0.1, 0.15) is 5.82 Å². The van der Waals surface area contributed by atoms with Gasteiger partial charge in [0.05, 0.1) is 16.8 Å². The summed E-state index contributed by atoms with van der Waals surface area (Å²) < 4.78 is 0. The molecule has 0 aliphatic heterocycles. The molecule has 1 aromatic carbocycles. The number of benzene rings is 1. The maximum absolute atomic E-state index is 12.0. The van der Waals surface area contributed by atoms with Gasteiger partial charge in [-0.2, -0.15) is 0 Å². The molecule has 3 aromatic rings. The van der Waals surface area contributed by atoms with Crippen LogP contribution < -0.4 is 5.32 Å². The first kappa shape index (κ1) is 18.4. The molecule has 6 nitrogen and oxygen atoms in total. The Hall–Kier alpha value is -2.41. The molecule has 26 heavy (non-hydrogen) atoms. The van der Waals surface area contributed by atoms with Crippen molar-refractivity contribution in [2.75, 3.05) is 12.3 Å². The summed E-state index contributed by atoms with van der Waals surface area (Å²) >= 11 is 1.35. The number of amides is 1. The van der Waals surface area contributed by atoms with Gasteiger partial charge in [-0.15, -0.1) is 0 Å². The van der Waals surface area contributed by atoms with E-state index in [2.05, 4.69) is 45.2 Å². The molecule has 2 heterocycles. The van der Waals surface area contributed by atoms with E-state index in [4.69, 9.17) is 0 Å². The molecule has 2 aromatic heterocycles. The second-order valence-corrected chi connectivity index (χ2v) is 7.35. The minimum absolute atomic E-state index is 0.0269. The fourth-order valence-electron chi connectivity index (χ4n) is 2.74. The van der Waals surface area contributed by atoms with Crippen molar-refractivity contribution in [1.29, 1.82) is 0 Å². The monoisotopic (exact) mass is 369 g/mol. The van der Waals surface area contributed by atoms with Crippen molar-refractivity contribution in [2.24, 2.45) is 0 Å². The number of carbonyl (C=O) groups excluding carboxylic acids is 1. The quantitative estimate of drug-likeness (QED) is 0.515. The summed E-state index contributed by atoms with van der Waals surface area (Å²) in [7, 11) is 0. The van der Waals surface area contributed by atoms with E-state index in [0.717, 1.165) is 28.2 Å². The minimum Gasteiger partial charge on any atom is -0.355 e. The molecule has 3 rings (SSSR count). The van der Waals surface area contributed by atoms with Gasteiger partial charge in [0.2, 0.25) is 5.91 Å². The van der Waals surface area contributed by atoms with E-state index in [0.29, 0.717) is 23.9 Å². The highest BCUT2D eigenvalue weighted by molar-refractivity contribution is 7.99. The molecule has 7 heteroatoms. The first-order chi connectivity index (χ1) is 12.4. The van der Waals surface area contributed by atoms with Crippen LogP contribution in [0.4, 0.5) is 0 Å². The normalized spacial score (nSPS) is 11.1. The number of aromatic nitrogens is 4. The molecule has 0 saturated heterocycles. The van der Waals surface area contributed by atoms with Crippen molar-refractivity contribution >= 4 is 28.7 Å². The maximum Gasteiger partial charge on any atom is 0.230 e. The third-order valence-corrected chi connectivity index (χ3v) is 5.05. The number of H-pyrrole nitrogens is 1. The molecule has 0 radical (unpaired) electrons. The van der Waals surface area contributed by atoms with E-state index in [9.17, 15) is 4.79 Å². The number of hydrogen-bond acceptors (Lipinski definition) is 5. The number of rotatable bonds is 6. The van der Waals surface area contributed by atoms with Crippen LogP contribution in [0.25, 0.3) is 11.0 Å². The molecule has 0 spiro atoms. The zero-order valence-corrected chi connectivity index (χ0v) is 16.3. The van der Waals surface area contributed by atoms with Crippen LogP contribution in [0.1, 0.15) is 28.3 Å². The smallest absolute Gasteiger partial charge is 0.230 e. The van der Waals surface area contributed by atoms with Gasteiger partial charge in [-0.3, -0.25) is 4.79 Å². The summed E-state index contributed by atoms with van der Waals surface area (Å²) in [6.45, 7) is 8.56. The summed E-state index contributed by atoms with van der Waals surface area (Å²) in [5.74, 6) is 1.17. The fraction of sp³-hybridized carbons (Fsp3) is 0.368. The van der Waals surface area contributed by atoms with E-state index in [-0.39, 0.29) is 5.91 Å². The predicted molar refractivity (Wildman–Crippen MR) is 105 cm³/mol. The number of nitrogens with zero attached hydrogens (tertiary/aromatic N) is 3. The molecule has 0 atom stereocenters. The lowest BCUT2D eigenvalue weighted by molar-refractivity contribution is -0.118. The van der Waals surface area contributed by atoms with Gasteiger partial charge >= 0.3 is 0 Å². The number of aromatic amines is 1. The van der Waals surface area contributed by atoms with Crippen molar-refractivity contribution in [1.82, 2.24) is 25.3 Å². The van der Waals surface area contributed by atoms with E-state index in [1.165, 1.54) is 22.9 Å². The molecular weight excluding hydrogens is 346 g/mol. The van der Waals surface area contributed by atoms with Crippen molar-refractivity contribution in [3.05, 3.63) is 46.5 Å². The Labute approximate surface area is 157 Å². The summed E-state index contributed by atoms with van der Waals surface area (Å²) in [6.07, 6.45) is 0.670. The van der Waals surface area contributed by atoms with Crippen LogP contribution in [0.15, 0.2) is 23.4 Å². The lowest BCUT2D eigenvalue weighted by atomic mass is 10.1. The number of imidazole rings is 1. The lowest BCUT2D eigenvalue weighted by Crippen LogP contribution is -2.27. The second-order valence-electron chi connectivity index (χ2n) is 6.41. The third-order valence-electron chi connectivity index (χ3n) is 4.21. The summed E-state index contributed by atoms with van der Waals surface area (Å²) in [6, 6.07) is 6.06. The van der Waals surface area contributed by atoms with Crippen molar-refractivity contribution in [2.45, 2.75) is 39.3 Å². The molecular formula is C19H23N5OS. The average Bonchev–Trinajstić information content (AvgIpc) is 2.99. The van der Waals surface area contributed by atoms with Gasteiger partial charge in [0, 0.05) is 24.4 Å². The minimum atomic E-state index is -0.0269. The van der Waals surface area contributed by atoms with Crippen molar-refractivity contribution in [3.63, 3.8) is 0 Å². The standard InChI is InChI=1S/C19H23N5OS/c1-11-5-6-15-18(14(11)4)24-16(23-15)7-8-20-17(25)10-26-19-21-12(2)9-13(3)22-19/h5-6,9H,7-8,10H2,1-4H3,(H,20,25)(H,23,24). The summed E-state index contributed by atoms with van der Waals surface area (Å²) in [5.41, 5.74) is 6.30. The SMILES string of the molecule is Cc1cc(C)nc(SCC(=O)NCCc2nc3c(C)c(C)ccc3[nH]2)n1. The highest BCUT2D eigenvalue weighted by atomic mass is 32.2. The van der Waals surface area contributed by atoms with Crippen LogP contribution in [0.3, 0.4) is 0 Å². The molecule has 0 unspecified atom stereocenters. The Kier molecular flexibility index (Phi) is 5.56. The van der Waals surface area contributed by atoms with E-state index in [1.807, 2.05) is 26.0 Å². The van der Waals surface area contributed by atoms with Crippen LogP contribution in [-0.4, -0.2) is 38.1 Å². The Balaban J connectivity index is 1.50. The van der Waals surface area contributed by atoms with Gasteiger partial charge in [-0.25, -0.2) is 15.0 Å². The number of carbonyl (C=O) groups is 1. The second kappa shape index (κ2) is 7.86. The molecule has 1 amide bonds. The van der Waals surface area contributed by atoms with Gasteiger partial charge in [0.15, 0.2) is 5.16 Å². The first-order valence-electron chi connectivity index (χ1n) is 8.59. The molecule has 0 aliphatic carbocycles. The van der Waals surface area contributed by atoms with E-state index >= 15 is 0 Å². The molecule has 0 saturated carbocycles. The van der Waals surface area contributed by atoms with Crippen LogP contribution in [0, 0.1) is 27.7 Å². The summed E-state index contributed by atoms with van der Waals surface area (Å²) in [4.78, 5) is 28.7. The van der Waals surface area contributed by atoms with Crippen molar-refractivity contribution < 1.29 is 4.79 Å². The lowest BCUT2D eigenvalue weighted by Gasteiger charge is -2.04. The van der Waals surface area contributed by atoms with Gasteiger partial charge < -0.3 is 10.3 Å². The van der Waals surface area contributed by atoms with Crippen molar-refractivity contribution in [3.8, 4) is 0 Å². The van der Waals surface area contributed by atoms with Crippen LogP contribution >= 0.6 is 11.8 Å². The zero-order valence-electron chi connectivity index (χ0n) is 15.5. The van der Waals surface area contributed by atoms with Gasteiger partial charge in [-0.05, 0) is 51.0 Å². The number of aryl methyl sites for hydroxylation is 4. The zero-order chi connectivity index (χ0) is 18.7. The molecule has 2 N–H and O–H groups in total. The van der Waals surface area contributed by atoms with Gasteiger partial charge in [-0.1, -0.05) is 17.8 Å². The third kappa shape index (κ3) is 4.40. The highest BCUT2D eigenvalue weighted by Gasteiger charge is 2.09. The Morgan fingerprint density at radius 1 is 1.12 bits per heavy atom. The number of thioether (sulfide) groups is 1. The molecule has 0 bridgehead atoms. The fourth-order valence-corrected chi connectivity index (χ4v) is 3.52. The number of fused-ring (bicyclic) bond motifs is 1. The van der Waals surface area contributed by atoms with Crippen LogP contribution in [0.2, 0.25) is 0 Å². The van der Waals surface area contributed by atoms with E-state index in [1.54, 1.807) is 0 Å². The molecule has 0 fully saturated rings. The largest absolute Gasteiger partial charge is 0.355 e. The Bertz CT molecular complexity index is 930. The Morgan fingerprint density at radius 2 is 1.85 bits per heavy atom. The van der Waals surface area contributed by atoms with Crippen LogP contribution in [0.5, 0.6) is 0 Å². The Morgan fingerprint density at radius 3 is 2.58 bits per heavy atom. The molecule has 136 valence electrons. The number of hydrogen-bond donors (Lipinski definition) is 2. The maximum atomic E-state index is 12.0. The average molecular weight is 369 g/mol. The predicted octanol–water partition coefficient (Wildman–Crippen LogP) is 3.04. The first-order valence-corrected chi connectivity index (χ1v) is 9.57. The highest BCUT2D eigenvalue weighted by Crippen LogP contribution is 2.19. The summed E-state index contributed by atoms with van der Waals surface area (Å²) in [5, 5.41) is 3.57.